The molecule has 2 heterocycles. The SMILES string of the molecule is Cc1cc(C2(N)CCN(C(=O)C(F)(F)F)CC2)co1. The topological polar surface area (TPSA) is 59.5 Å². The van der Waals surface area contributed by atoms with Crippen molar-refractivity contribution >= 4 is 5.91 Å². The van der Waals surface area contributed by atoms with Crippen LogP contribution in [-0.4, -0.2) is 30.1 Å². The molecule has 1 aromatic heterocycles. The summed E-state index contributed by atoms with van der Waals surface area (Å²) in [5.74, 6) is -1.09. The molecule has 1 aliphatic rings. The van der Waals surface area contributed by atoms with Gasteiger partial charge in [-0.1, -0.05) is 0 Å². The van der Waals surface area contributed by atoms with Gasteiger partial charge in [0.25, 0.3) is 0 Å². The fourth-order valence-electron chi connectivity index (χ4n) is 2.28. The molecule has 1 amide bonds. The molecular formula is C12H15F3N2O2. The van der Waals surface area contributed by atoms with Gasteiger partial charge in [-0.05, 0) is 25.8 Å². The van der Waals surface area contributed by atoms with Gasteiger partial charge in [-0.2, -0.15) is 13.2 Å². The average molecular weight is 276 g/mol. The van der Waals surface area contributed by atoms with E-state index in [4.69, 9.17) is 10.2 Å². The van der Waals surface area contributed by atoms with Gasteiger partial charge in [0.1, 0.15) is 5.76 Å². The molecule has 0 aliphatic carbocycles. The Morgan fingerprint density at radius 3 is 2.42 bits per heavy atom. The normalized spacial score (nSPS) is 19.5. The molecule has 0 unspecified atom stereocenters. The van der Waals surface area contributed by atoms with E-state index in [1.54, 1.807) is 13.0 Å². The van der Waals surface area contributed by atoms with Crippen molar-refractivity contribution in [2.75, 3.05) is 13.1 Å². The molecule has 2 rings (SSSR count). The quantitative estimate of drug-likeness (QED) is 0.852. The number of likely N-dealkylation sites (tertiary alicyclic amines) is 1. The minimum absolute atomic E-state index is 0.000922. The van der Waals surface area contributed by atoms with Crippen LogP contribution in [0.5, 0.6) is 0 Å². The molecule has 2 N–H and O–H groups in total. The van der Waals surface area contributed by atoms with Gasteiger partial charge in [0, 0.05) is 24.2 Å². The third-order valence-corrected chi connectivity index (χ3v) is 3.49. The van der Waals surface area contributed by atoms with Crippen LogP contribution < -0.4 is 5.73 Å². The van der Waals surface area contributed by atoms with Crippen LogP contribution in [0.1, 0.15) is 24.2 Å². The lowest BCUT2D eigenvalue weighted by atomic mass is 9.83. The van der Waals surface area contributed by atoms with Gasteiger partial charge < -0.3 is 15.1 Å². The zero-order valence-corrected chi connectivity index (χ0v) is 10.5. The van der Waals surface area contributed by atoms with Crippen molar-refractivity contribution in [3.8, 4) is 0 Å². The first-order chi connectivity index (χ1) is 8.72. The number of piperidine rings is 1. The lowest BCUT2D eigenvalue weighted by molar-refractivity contribution is -0.186. The van der Waals surface area contributed by atoms with Crippen LogP contribution in [-0.2, 0) is 10.3 Å². The van der Waals surface area contributed by atoms with E-state index in [0.717, 1.165) is 10.5 Å². The minimum Gasteiger partial charge on any atom is -0.469 e. The maximum absolute atomic E-state index is 12.3. The summed E-state index contributed by atoms with van der Waals surface area (Å²) in [6, 6.07) is 1.78. The van der Waals surface area contributed by atoms with E-state index in [2.05, 4.69) is 0 Å². The largest absolute Gasteiger partial charge is 0.471 e. The molecule has 0 saturated carbocycles. The van der Waals surface area contributed by atoms with Crippen molar-refractivity contribution < 1.29 is 22.4 Å². The highest BCUT2D eigenvalue weighted by Crippen LogP contribution is 2.32. The van der Waals surface area contributed by atoms with Crippen LogP contribution in [0.15, 0.2) is 16.7 Å². The highest BCUT2D eigenvalue weighted by Gasteiger charge is 2.45. The average Bonchev–Trinajstić information content (AvgIpc) is 2.76. The molecule has 0 spiro atoms. The van der Waals surface area contributed by atoms with Crippen molar-refractivity contribution in [1.29, 1.82) is 0 Å². The van der Waals surface area contributed by atoms with E-state index in [0.29, 0.717) is 5.76 Å². The third-order valence-electron chi connectivity index (χ3n) is 3.49. The Labute approximate surface area is 108 Å². The van der Waals surface area contributed by atoms with Crippen LogP contribution >= 0.6 is 0 Å². The van der Waals surface area contributed by atoms with Gasteiger partial charge in [-0.25, -0.2) is 0 Å². The lowest BCUT2D eigenvalue weighted by Crippen LogP contribution is -2.52. The number of halogens is 3. The van der Waals surface area contributed by atoms with E-state index in [1.807, 2.05) is 0 Å². The molecule has 7 heteroatoms. The molecule has 1 aliphatic heterocycles. The number of hydrogen-bond donors (Lipinski definition) is 1. The van der Waals surface area contributed by atoms with Crippen LogP contribution in [0.2, 0.25) is 0 Å². The summed E-state index contributed by atoms with van der Waals surface area (Å²) in [7, 11) is 0. The van der Waals surface area contributed by atoms with Gasteiger partial charge in [-0.3, -0.25) is 4.79 Å². The van der Waals surface area contributed by atoms with Crippen molar-refractivity contribution in [2.24, 2.45) is 5.73 Å². The van der Waals surface area contributed by atoms with E-state index < -0.39 is 17.6 Å². The number of rotatable bonds is 1. The number of amides is 1. The zero-order valence-electron chi connectivity index (χ0n) is 10.5. The van der Waals surface area contributed by atoms with Crippen molar-refractivity contribution in [2.45, 2.75) is 31.5 Å². The standard InChI is InChI=1S/C12H15F3N2O2/c1-8-6-9(7-19-8)11(16)2-4-17(5-3-11)10(18)12(13,14)15/h6-7H,2-5,16H2,1H3. The molecule has 0 radical (unpaired) electrons. The molecule has 4 nitrogen and oxygen atoms in total. The van der Waals surface area contributed by atoms with Gasteiger partial charge >= 0.3 is 12.1 Å². The second kappa shape index (κ2) is 4.56. The van der Waals surface area contributed by atoms with E-state index in [9.17, 15) is 18.0 Å². The van der Waals surface area contributed by atoms with Gasteiger partial charge in [-0.15, -0.1) is 0 Å². The van der Waals surface area contributed by atoms with Gasteiger partial charge in [0.2, 0.25) is 0 Å². The highest BCUT2D eigenvalue weighted by molar-refractivity contribution is 5.82. The summed E-state index contributed by atoms with van der Waals surface area (Å²) in [6.45, 7) is 1.77. The Balaban J connectivity index is 2.05. The van der Waals surface area contributed by atoms with Crippen LogP contribution in [0.4, 0.5) is 13.2 Å². The van der Waals surface area contributed by atoms with E-state index in [1.165, 1.54) is 6.26 Å². The number of carbonyl (C=O) groups excluding carboxylic acids is 1. The number of alkyl halides is 3. The van der Waals surface area contributed by atoms with Crippen LogP contribution in [0.25, 0.3) is 0 Å². The summed E-state index contributed by atoms with van der Waals surface area (Å²) in [4.78, 5) is 11.9. The maximum Gasteiger partial charge on any atom is 0.471 e. The second-order valence-corrected chi connectivity index (χ2v) is 4.89. The van der Waals surface area contributed by atoms with Crippen LogP contribution in [0.3, 0.4) is 0 Å². The molecule has 0 aromatic carbocycles. The molecule has 19 heavy (non-hydrogen) atoms. The lowest BCUT2D eigenvalue weighted by Gasteiger charge is -2.38. The first kappa shape index (κ1) is 13.9. The number of aryl methyl sites for hydroxylation is 1. The number of carbonyl (C=O) groups is 1. The number of furan rings is 1. The van der Waals surface area contributed by atoms with E-state index in [-0.39, 0.29) is 25.9 Å². The first-order valence-electron chi connectivity index (χ1n) is 5.93. The Bertz CT molecular complexity index is 474. The number of nitrogens with zero attached hydrogens (tertiary/aromatic N) is 1. The fourth-order valence-corrected chi connectivity index (χ4v) is 2.28. The van der Waals surface area contributed by atoms with Crippen molar-refractivity contribution in [3.63, 3.8) is 0 Å². The highest BCUT2D eigenvalue weighted by atomic mass is 19.4. The van der Waals surface area contributed by atoms with E-state index >= 15 is 0 Å². The zero-order chi connectivity index (χ0) is 14.3. The second-order valence-electron chi connectivity index (χ2n) is 4.89. The van der Waals surface area contributed by atoms with Gasteiger partial charge in [0.15, 0.2) is 0 Å². The van der Waals surface area contributed by atoms with Gasteiger partial charge in [0.05, 0.1) is 6.26 Å². The summed E-state index contributed by atoms with van der Waals surface area (Å²) in [5.41, 5.74) is 6.23. The molecule has 1 saturated heterocycles. The monoisotopic (exact) mass is 276 g/mol. The molecule has 1 aromatic rings. The van der Waals surface area contributed by atoms with Crippen LogP contribution in [0, 0.1) is 6.92 Å². The molecule has 0 bridgehead atoms. The predicted octanol–water partition coefficient (Wildman–Crippen LogP) is 1.93. The fraction of sp³-hybridized carbons (Fsp3) is 0.583. The van der Waals surface area contributed by atoms with Crippen molar-refractivity contribution in [1.82, 2.24) is 4.90 Å². The number of nitrogens with two attached hydrogens (primary N) is 1. The summed E-state index contributed by atoms with van der Waals surface area (Å²) < 4.78 is 42.1. The van der Waals surface area contributed by atoms with Crippen molar-refractivity contribution in [3.05, 3.63) is 23.7 Å². The number of hydrogen-bond acceptors (Lipinski definition) is 3. The Hall–Kier alpha value is -1.50. The Morgan fingerprint density at radius 1 is 1.42 bits per heavy atom. The molecule has 1 fully saturated rings. The molecule has 0 atom stereocenters. The predicted molar refractivity (Wildman–Crippen MR) is 61.2 cm³/mol. The third kappa shape index (κ3) is 2.75. The summed E-state index contributed by atoms with van der Waals surface area (Å²) in [5, 5.41) is 0. The Morgan fingerprint density at radius 2 is 2.00 bits per heavy atom. The summed E-state index contributed by atoms with van der Waals surface area (Å²) >= 11 is 0. The summed E-state index contributed by atoms with van der Waals surface area (Å²) in [6.07, 6.45) is -2.72. The molecular weight excluding hydrogens is 261 g/mol. The minimum atomic E-state index is -4.82. The smallest absolute Gasteiger partial charge is 0.469 e. The Kier molecular flexibility index (Phi) is 3.34. The maximum atomic E-state index is 12.3. The molecule has 106 valence electrons. The first-order valence-corrected chi connectivity index (χ1v) is 5.93.